The quantitative estimate of drug-likeness (QED) is 0.584. The highest BCUT2D eigenvalue weighted by Crippen LogP contribution is 2.38. The SMILES string of the molecule is CC(C)(C)[Si](C)(C)O[C@@H](CCOC(N)=O)C(=O)N1CCN(c2ncc(C(F)(F)F)cn2)CC1. The summed E-state index contributed by atoms with van der Waals surface area (Å²) >= 11 is 0. The van der Waals surface area contributed by atoms with Crippen molar-refractivity contribution in [2.45, 2.75) is 57.6 Å². The van der Waals surface area contributed by atoms with Crippen LogP contribution in [0.1, 0.15) is 32.8 Å². The number of aromatic nitrogens is 2. The van der Waals surface area contributed by atoms with Crippen molar-refractivity contribution in [2.75, 3.05) is 37.7 Å². The summed E-state index contributed by atoms with van der Waals surface area (Å²) < 4.78 is 49.3. The molecule has 1 saturated heterocycles. The molecular weight excluding hydrogens is 459 g/mol. The zero-order valence-electron chi connectivity index (χ0n) is 19.6. The number of hydrogen-bond acceptors (Lipinski definition) is 7. The van der Waals surface area contributed by atoms with Crippen LogP contribution in [-0.2, 0) is 20.1 Å². The van der Waals surface area contributed by atoms with Crippen molar-refractivity contribution in [3.8, 4) is 0 Å². The highest BCUT2D eigenvalue weighted by molar-refractivity contribution is 6.74. The van der Waals surface area contributed by atoms with E-state index in [1.54, 1.807) is 9.80 Å². The number of rotatable bonds is 7. The van der Waals surface area contributed by atoms with Gasteiger partial charge < -0.3 is 24.7 Å². The maximum absolute atomic E-state index is 13.3. The monoisotopic (exact) mass is 491 g/mol. The van der Waals surface area contributed by atoms with E-state index in [0.717, 1.165) is 12.4 Å². The molecule has 0 radical (unpaired) electrons. The number of piperazine rings is 1. The van der Waals surface area contributed by atoms with Crippen molar-refractivity contribution in [1.29, 1.82) is 0 Å². The van der Waals surface area contributed by atoms with E-state index in [1.165, 1.54) is 0 Å². The zero-order valence-corrected chi connectivity index (χ0v) is 20.6. The van der Waals surface area contributed by atoms with Crippen molar-refractivity contribution in [3.05, 3.63) is 18.0 Å². The topological polar surface area (TPSA) is 111 Å². The molecule has 2 amide bonds. The highest BCUT2D eigenvalue weighted by Gasteiger charge is 2.42. The Hall–Kier alpha value is -2.41. The molecule has 13 heteroatoms. The Morgan fingerprint density at radius 1 is 1.12 bits per heavy atom. The fourth-order valence-electron chi connectivity index (χ4n) is 2.99. The average Bonchev–Trinajstić information content (AvgIpc) is 2.71. The number of hydrogen-bond donors (Lipinski definition) is 1. The fourth-order valence-corrected chi connectivity index (χ4v) is 4.28. The second-order valence-corrected chi connectivity index (χ2v) is 14.2. The molecular formula is C20H32F3N5O4Si. The second-order valence-electron chi connectivity index (χ2n) is 9.40. The normalized spacial score (nSPS) is 16.5. The molecule has 0 saturated carbocycles. The van der Waals surface area contributed by atoms with E-state index in [-0.39, 0.29) is 29.9 Å². The molecule has 2 rings (SSSR count). The van der Waals surface area contributed by atoms with Gasteiger partial charge in [0.15, 0.2) is 8.32 Å². The van der Waals surface area contributed by atoms with E-state index in [4.69, 9.17) is 14.9 Å². The molecule has 9 nitrogen and oxygen atoms in total. The lowest BCUT2D eigenvalue weighted by Crippen LogP contribution is -2.55. The largest absolute Gasteiger partial charge is 0.450 e. The minimum Gasteiger partial charge on any atom is -0.450 e. The van der Waals surface area contributed by atoms with Crippen molar-refractivity contribution in [3.63, 3.8) is 0 Å². The smallest absolute Gasteiger partial charge is 0.419 e. The molecule has 1 atom stereocenters. The Balaban J connectivity index is 2.04. The van der Waals surface area contributed by atoms with Crippen LogP contribution in [0.25, 0.3) is 0 Å². The van der Waals surface area contributed by atoms with Crippen molar-refractivity contribution in [2.24, 2.45) is 5.73 Å². The van der Waals surface area contributed by atoms with E-state index in [0.29, 0.717) is 26.2 Å². The first-order valence-corrected chi connectivity index (χ1v) is 13.6. The first kappa shape index (κ1) is 26.8. The van der Waals surface area contributed by atoms with E-state index < -0.39 is 32.3 Å². The number of nitrogens with two attached hydrogens (primary N) is 1. The van der Waals surface area contributed by atoms with Crippen LogP contribution < -0.4 is 10.6 Å². The molecule has 1 aromatic heterocycles. The molecule has 2 heterocycles. The van der Waals surface area contributed by atoms with Crippen LogP contribution in [-0.4, -0.2) is 74.1 Å². The van der Waals surface area contributed by atoms with Crippen LogP contribution in [0.2, 0.25) is 18.1 Å². The lowest BCUT2D eigenvalue weighted by atomic mass is 10.2. The number of nitrogens with zero attached hydrogens (tertiary/aromatic N) is 4. The standard InChI is InChI=1S/C20H32F3N5O4Si/c1-19(2,3)33(4,5)32-15(6-11-31-17(24)30)16(29)27-7-9-28(10-8-27)18-25-12-14(13-26-18)20(21,22)23/h12-13,15H,6-11H2,1-5H3,(H2,24,30)/t15-/m0/s1. The lowest BCUT2D eigenvalue weighted by Gasteiger charge is -2.41. The molecule has 186 valence electrons. The maximum Gasteiger partial charge on any atom is 0.419 e. The van der Waals surface area contributed by atoms with Crippen molar-refractivity contribution in [1.82, 2.24) is 14.9 Å². The maximum atomic E-state index is 13.3. The fraction of sp³-hybridized carbons (Fsp3) is 0.700. The van der Waals surface area contributed by atoms with Gasteiger partial charge in [-0.15, -0.1) is 0 Å². The third-order valence-corrected chi connectivity index (χ3v) is 10.5. The Labute approximate surface area is 192 Å². The first-order valence-electron chi connectivity index (χ1n) is 10.6. The molecule has 0 spiro atoms. The number of alkyl halides is 3. The molecule has 1 aliphatic rings. The van der Waals surface area contributed by atoms with Gasteiger partial charge in [-0.25, -0.2) is 14.8 Å². The molecule has 0 aromatic carbocycles. The summed E-state index contributed by atoms with van der Waals surface area (Å²) in [6, 6.07) is 0. The minimum atomic E-state index is -4.50. The zero-order chi connectivity index (χ0) is 25.0. The van der Waals surface area contributed by atoms with E-state index in [1.807, 2.05) is 13.1 Å². The number of amides is 2. The van der Waals surface area contributed by atoms with E-state index >= 15 is 0 Å². The van der Waals surface area contributed by atoms with Gasteiger partial charge in [-0.2, -0.15) is 13.2 Å². The number of primary amides is 1. The highest BCUT2D eigenvalue weighted by atomic mass is 28.4. The minimum absolute atomic E-state index is 0.0419. The third kappa shape index (κ3) is 7.29. The van der Waals surface area contributed by atoms with Gasteiger partial charge in [0.05, 0.1) is 12.2 Å². The number of anilines is 1. The van der Waals surface area contributed by atoms with Crippen LogP contribution in [0.3, 0.4) is 0 Å². The molecule has 0 bridgehead atoms. The van der Waals surface area contributed by atoms with Crippen molar-refractivity contribution < 1.29 is 31.9 Å². The third-order valence-electron chi connectivity index (χ3n) is 5.98. The summed E-state index contributed by atoms with van der Waals surface area (Å²) in [5.74, 6) is -0.0417. The summed E-state index contributed by atoms with van der Waals surface area (Å²) in [5, 5.41) is -0.130. The molecule has 2 N–H and O–H groups in total. The van der Waals surface area contributed by atoms with Gasteiger partial charge in [0.25, 0.3) is 5.91 Å². The van der Waals surface area contributed by atoms with Gasteiger partial charge in [-0.1, -0.05) is 20.8 Å². The van der Waals surface area contributed by atoms with Gasteiger partial charge in [0.1, 0.15) is 6.10 Å². The molecule has 0 unspecified atom stereocenters. The number of carbonyl (C=O) groups excluding carboxylic acids is 2. The van der Waals surface area contributed by atoms with E-state index in [2.05, 4.69) is 30.7 Å². The average molecular weight is 492 g/mol. The second kappa shape index (κ2) is 10.2. The molecule has 1 fully saturated rings. The Morgan fingerprint density at radius 2 is 1.67 bits per heavy atom. The van der Waals surface area contributed by atoms with Crippen LogP contribution in [0.5, 0.6) is 0 Å². The molecule has 33 heavy (non-hydrogen) atoms. The summed E-state index contributed by atoms with van der Waals surface area (Å²) in [5.41, 5.74) is 4.12. The van der Waals surface area contributed by atoms with Crippen molar-refractivity contribution >= 4 is 26.3 Å². The summed E-state index contributed by atoms with van der Waals surface area (Å²) in [6.45, 7) is 11.6. The van der Waals surface area contributed by atoms with Gasteiger partial charge in [0, 0.05) is 45.0 Å². The predicted molar refractivity (Wildman–Crippen MR) is 118 cm³/mol. The first-order chi connectivity index (χ1) is 15.1. The van der Waals surface area contributed by atoms with Crippen LogP contribution in [0.4, 0.5) is 23.9 Å². The molecule has 0 aliphatic carbocycles. The van der Waals surface area contributed by atoms with Gasteiger partial charge in [0.2, 0.25) is 5.95 Å². The number of halogens is 3. The molecule has 1 aromatic rings. The Bertz CT molecular complexity index is 822. The Morgan fingerprint density at radius 3 is 2.12 bits per heavy atom. The summed E-state index contributed by atoms with van der Waals surface area (Å²) in [6.07, 6.45) is -4.53. The van der Waals surface area contributed by atoms with E-state index in [9.17, 15) is 22.8 Å². The summed E-state index contributed by atoms with van der Waals surface area (Å²) in [7, 11) is -2.30. The summed E-state index contributed by atoms with van der Waals surface area (Å²) in [4.78, 5) is 35.2. The van der Waals surface area contributed by atoms with Gasteiger partial charge in [-0.3, -0.25) is 4.79 Å². The van der Waals surface area contributed by atoms with Gasteiger partial charge in [-0.05, 0) is 18.1 Å². The van der Waals surface area contributed by atoms with Crippen LogP contribution >= 0.6 is 0 Å². The van der Waals surface area contributed by atoms with Crippen LogP contribution in [0, 0.1) is 0 Å². The van der Waals surface area contributed by atoms with Gasteiger partial charge >= 0.3 is 12.3 Å². The van der Waals surface area contributed by atoms with Crippen LogP contribution in [0.15, 0.2) is 12.4 Å². The number of ether oxygens (including phenoxy) is 1. The predicted octanol–water partition coefficient (Wildman–Crippen LogP) is 3.02. The number of carbonyl (C=O) groups is 2. The Kier molecular flexibility index (Phi) is 8.33. The molecule has 1 aliphatic heterocycles. The lowest BCUT2D eigenvalue weighted by molar-refractivity contribution is -0.140.